The van der Waals surface area contributed by atoms with Gasteiger partial charge in [0.1, 0.15) is 0 Å². The van der Waals surface area contributed by atoms with Crippen LogP contribution in [0.2, 0.25) is 5.02 Å². The second kappa shape index (κ2) is 4.51. The summed E-state index contributed by atoms with van der Waals surface area (Å²) in [6.07, 6.45) is -2.47. The molecular formula is C10H10ClF2NO2S. The van der Waals surface area contributed by atoms with Crippen molar-refractivity contribution >= 4 is 21.6 Å². The van der Waals surface area contributed by atoms with Gasteiger partial charge < -0.3 is 0 Å². The average Bonchev–Trinajstić information content (AvgIpc) is 2.14. The minimum atomic E-state index is -3.64. The van der Waals surface area contributed by atoms with Crippen LogP contribution in [0.3, 0.4) is 0 Å². The maximum atomic E-state index is 12.3. The predicted octanol–water partition coefficient (Wildman–Crippen LogP) is 2.23. The van der Waals surface area contributed by atoms with Crippen molar-refractivity contribution in [1.29, 1.82) is 0 Å². The molecule has 0 aliphatic carbocycles. The Morgan fingerprint density at radius 2 is 1.76 bits per heavy atom. The summed E-state index contributed by atoms with van der Waals surface area (Å²) in [6.45, 7) is -0.245. The lowest BCUT2D eigenvalue weighted by Crippen LogP contribution is -2.52. The van der Waals surface area contributed by atoms with Gasteiger partial charge in [-0.15, -0.1) is 0 Å². The summed E-state index contributed by atoms with van der Waals surface area (Å²) < 4.78 is 49.4. The van der Waals surface area contributed by atoms with Crippen molar-refractivity contribution in [3.8, 4) is 0 Å². The third kappa shape index (κ3) is 2.43. The number of nitrogens with zero attached hydrogens (tertiary/aromatic N) is 1. The van der Waals surface area contributed by atoms with Crippen LogP contribution in [0.25, 0.3) is 0 Å². The summed E-state index contributed by atoms with van der Waals surface area (Å²) in [5.74, 6) is -0.850. The van der Waals surface area contributed by atoms with Crippen molar-refractivity contribution in [2.24, 2.45) is 5.92 Å². The van der Waals surface area contributed by atoms with Crippen LogP contribution in [0.15, 0.2) is 29.2 Å². The molecule has 1 heterocycles. The van der Waals surface area contributed by atoms with E-state index in [9.17, 15) is 17.2 Å². The zero-order valence-corrected chi connectivity index (χ0v) is 10.3. The first-order valence-corrected chi connectivity index (χ1v) is 6.77. The third-order valence-corrected chi connectivity index (χ3v) is 4.78. The zero-order chi connectivity index (χ0) is 12.6. The van der Waals surface area contributed by atoms with E-state index >= 15 is 0 Å². The predicted molar refractivity (Wildman–Crippen MR) is 59.7 cm³/mol. The summed E-state index contributed by atoms with van der Waals surface area (Å²) in [5, 5.41) is 0.429. The molecule has 2 rings (SSSR count). The van der Waals surface area contributed by atoms with E-state index in [-0.39, 0.29) is 18.0 Å². The van der Waals surface area contributed by atoms with Gasteiger partial charge in [-0.3, -0.25) is 0 Å². The number of sulfonamides is 1. The van der Waals surface area contributed by atoms with E-state index in [1.54, 1.807) is 0 Å². The topological polar surface area (TPSA) is 37.4 Å². The van der Waals surface area contributed by atoms with Gasteiger partial charge in [-0.25, -0.2) is 17.2 Å². The van der Waals surface area contributed by atoms with E-state index in [0.29, 0.717) is 5.02 Å². The van der Waals surface area contributed by atoms with Crippen LogP contribution in [0.5, 0.6) is 0 Å². The highest BCUT2D eigenvalue weighted by Gasteiger charge is 2.41. The van der Waals surface area contributed by atoms with Crippen LogP contribution in [0.1, 0.15) is 0 Å². The Morgan fingerprint density at radius 3 is 2.24 bits per heavy atom. The Morgan fingerprint density at radius 1 is 1.24 bits per heavy atom. The first-order valence-electron chi connectivity index (χ1n) is 4.95. The second-order valence-corrected chi connectivity index (χ2v) is 6.24. The van der Waals surface area contributed by atoms with Crippen molar-refractivity contribution in [3.63, 3.8) is 0 Å². The average molecular weight is 282 g/mol. The SMILES string of the molecule is O=S(=O)(c1ccc(Cl)cc1)N1CC(C(F)F)C1. The van der Waals surface area contributed by atoms with Crippen LogP contribution in [-0.2, 0) is 10.0 Å². The van der Waals surface area contributed by atoms with Gasteiger partial charge in [0.15, 0.2) is 0 Å². The molecule has 1 aromatic rings. The van der Waals surface area contributed by atoms with Crippen LogP contribution in [0, 0.1) is 5.92 Å². The minimum Gasteiger partial charge on any atom is -0.210 e. The summed E-state index contributed by atoms with van der Waals surface area (Å²) >= 11 is 5.65. The van der Waals surface area contributed by atoms with E-state index in [2.05, 4.69) is 0 Å². The van der Waals surface area contributed by atoms with Crippen molar-refractivity contribution in [3.05, 3.63) is 29.3 Å². The highest BCUT2D eigenvalue weighted by Crippen LogP contribution is 2.29. The van der Waals surface area contributed by atoms with E-state index in [4.69, 9.17) is 11.6 Å². The first-order chi connectivity index (χ1) is 7.91. The molecule has 3 nitrogen and oxygen atoms in total. The molecule has 0 radical (unpaired) electrons. The molecule has 1 saturated heterocycles. The van der Waals surface area contributed by atoms with Crippen molar-refractivity contribution in [2.75, 3.05) is 13.1 Å². The standard InChI is InChI=1S/C10H10ClF2NO2S/c11-8-1-3-9(4-2-8)17(15,16)14-5-7(6-14)10(12)13/h1-4,7,10H,5-6H2. The summed E-state index contributed by atoms with van der Waals surface area (Å²) in [4.78, 5) is 0.0783. The van der Waals surface area contributed by atoms with Gasteiger partial charge >= 0.3 is 0 Å². The third-order valence-electron chi connectivity index (χ3n) is 2.68. The molecule has 0 amide bonds. The molecule has 7 heteroatoms. The molecule has 17 heavy (non-hydrogen) atoms. The van der Waals surface area contributed by atoms with E-state index in [1.165, 1.54) is 24.3 Å². The molecule has 0 atom stereocenters. The smallest absolute Gasteiger partial charge is 0.210 e. The number of alkyl halides is 2. The maximum Gasteiger partial charge on any atom is 0.243 e. The molecule has 1 aliphatic heterocycles. The van der Waals surface area contributed by atoms with Crippen LogP contribution in [-0.4, -0.2) is 32.2 Å². The molecule has 94 valence electrons. The van der Waals surface area contributed by atoms with E-state index in [0.717, 1.165) is 4.31 Å². The fourth-order valence-corrected chi connectivity index (χ4v) is 3.26. The highest BCUT2D eigenvalue weighted by molar-refractivity contribution is 7.89. The number of rotatable bonds is 3. The molecule has 0 N–H and O–H groups in total. The molecule has 1 fully saturated rings. The Hall–Kier alpha value is -0.720. The van der Waals surface area contributed by atoms with Gasteiger partial charge in [-0.1, -0.05) is 11.6 Å². The van der Waals surface area contributed by atoms with E-state index < -0.39 is 22.4 Å². The van der Waals surface area contributed by atoms with Crippen LogP contribution in [0.4, 0.5) is 8.78 Å². The molecule has 1 aliphatic rings. The second-order valence-electron chi connectivity index (χ2n) is 3.87. The van der Waals surface area contributed by atoms with Gasteiger partial charge in [0.25, 0.3) is 0 Å². The Labute approximate surface area is 103 Å². The fourth-order valence-electron chi connectivity index (χ4n) is 1.58. The molecular weight excluding hydrogens is 272 g/mol. The number of halogens is 3. The van der Waals surface area contributed by atoms with Crippen LogP contribution >= 0.6 is 11.6 Å². The zero-order valence-electron chi connectivity index (χ0n) is 8.68. The normalized spacial score (nSPS) is 18.4. The van der Waals surface area contributed by atoms with Crippen molar-refractivity contribution < 1.29 is 17.2 Å². The Balaban J connectivity index is 2.13. The van der Waals surface area contributed by atoms with Gasteiger partial charge in [0, 0.05) is 24.0 Å². The number of benzene rings is 1. The minimum absolute atomic E-state index is 0.0783. The molecule has 0 aromatic heterocycles. The summed E-state index contributed by atoms with van der Waals surface area (Å²) in [5.41, 5.74) is 0. The summed E-state index contributed by atoms with van der Waals surface area (Å²) in [6, 6.07) is 5.65. The lowest BCUT2D eigenvalue weighted by atomic mass is 10.1. The summed E-state index contributed by atoms with van der Waals surface area (Å²) in [7, 11) is -3.64. The number of hydrogen-bond acceptors (Lipinski definition) is 2. The molecule has 0 saturated carbocycles. The first kappa shape index (κ1) is 12.7. The Kier molecular flexibility index (Phi) is 3.38. The van der Waals surface area contributed by atoms with E-state index in [1.807, 2.05) is 0 Å². The lowest BCUT2D eigenvalue weighted by Gasteiger charge is -2.37. The van der Waals surface area contributed by atoms with Crippen molar-refractivity contribution in [1.82, 2.24) is 4.31 Å². The molecule has 0 unspecified atom stereocenters. The van der Waals surface area contributed by atoms with Crippen LogP contribution < -0.4 is 0 Å². The van der Waals surface area contributed by atoms with Gasteiger partial charge in [0.05, 0.1) is 4.90 Å². The number of hydrogen-bond donors (Lipinski definition) is 0. The van der Waals surface area contributed by atoms with Gasteiger partial charge in [-0.05, 0) is 24.3 Å². The quantitative estimate of drug-likeness (QED) is 0.852. The van der Waals surface area contributed by atoms with Gasteiger partial charge in [0.2, 0.25) is 16.4 Å². The largest absolute Gasteiger partial charge is 0.243 e. The lowest BCUT2D eigenvalue weighted by molar-refractivity contribution is 0.0123. The molecule has 0 bridgehead atoms. The fraction of sp³-hybridized carbons (Fsp3) is 0.400. The van der Waals surface area contributed by atoms with Crippen molar-refractivity contribution in [2.45, 2.75) is 11.3 Å². The highest BCUT2D eigenvalue weighted by atomic mass is 35.5. The molecule has 0 spiro atoms. The monoisotopic (exact) mass is 281 g/mol. The molecule has 1 aromatic carbocycles. The maximum absolute atomic E-state index is 12.3. The van der Waals surface area contributed by atoms with Gasteiger partial charge in [-0.2, -0.15) is 4.31 Å². The Bertz CT molecular complexity index is 498.